The van der Waals surface area contributed by atoms with E-state index in [1.54, 1.807) is 18.7 Å². The summed E-state index contributed by atoms with van der Waals surface area (Å²) < 4.78 is 37.0. The Morgan fingerprint density at radius 2 is 2.12 bits per heavy atom. The second kappa shape index (κ2) is 8.61. The molecule has 1 aliphatic rings. The molecule has 2 rings (SSSR count). The van der Waals surface area contributed by atoms with Crippen LogP contribution in [0.1, 0.15) is 29.8 Å². The summed E-state index contributed by atoms with van der Waals surface area (Å²) in [7, 11) is -3.68. The molecule has 0 bridgehead atoms. The molecule has 1 amide bonds. The molecule has 144 valence electrons. The van der Waals surface area contributed by atoms with Gasteiger partial charge >= 0.3 is 5.97 Å². The number of sulfonamides is 1. The van der Waals surface area contributed by atoms with Crippen LogP contribution >= 0.6 is 0 Å². The molecular formula is C17H24N2O6S. The highest BCUT2D eigenvalue weighted by Crippen LogP contribution is 2.17. The van der Waals surface area contributed by atoms with Crippen molar-refractivity contribution in [2.75, 3.05) is 32.8 Å². The van der Waals surface area contributed by atoms with E-state index in [0.717, 1.165) is 0 Å². The third kappa shape index (κ3) is 5.03. The summed E-state index contributed by atoms with van der Waals surface area (Å²) in [5.74, 6) is -1.03. The van der Waals surface area contributed by atoms with Gasteiger partial charge in [-0.1, -0.05) is 13.0 Å². The van der Waals surface area contributed by atoms with Crippen LogP contribution in [0.25, 0.3) is 0 Å². The number of nitrogens with one attached hydrogen (secondary N) is 1. The smallest absolute Gasteiger partial charge is 0.338 e. The van der Waals surface area contributed by atoms with Gasteiger partial charge in [0.1, 0.15) is 0 Å². The highest BCUT2D eigenvalue weighted by molar-refractivity contribution is 7.89. The van der Waals surface area contributed by atoms with Gasteiger partial charge in [-0.2, -0.15) is 0 Å². The van der Waals surface area contributed by atoms with E-state index in [0.29, 0.717) is 25.3 Å². The number of hydrogen-bond acceptors (Lipinski definition) is 6. The number of esters is 1. The number of morpholine rings is 1. The molecule has 1 aromatic carbocycles. The van der Waals surface area contributed by atoms with E-state index in [1.807, 2.05) is 6.92 Å². The van der Waals surface area contributed by atoms with Crippen LogP contribution in [-0.2, 0) is 24.3 Å². The first-order valence-electron chi connectivity index (χ1n) is 8.41. The van der Waals surface area contributed by atoms with Crippen molar-refractivity contribution in [2.24, 2.45) is 0 Å². The summed E-state index contributed by atoms with van der Waals surface area (Å²) in [4.78, 5) is 26.0. The Kier molecular flexibility index (Phi) is 6.74. The highest BCUT2D eigenvalue weighted by atomic mass is 32.2. The van der Waals surface area contributed by atoms with E-state index in [-0.39, 0.29) is 29.0 Å². The Balaban J connectivity index is 2.06. The predicted molar refractivity (Wildman–Crippen MR) is 94.3 cm³/mol. The molecule has 26 heavy (non-hydrogen) atoms. The second-order valence-electron chi connectivity index (χ2n) is 6.08. The zero-order valence-corrected chi connectivity index (χ0v) is 16.0. The minimum Gasteiger partial charge on any atom is -0.452 e. The lowest BCUT2D eigenvalue weighted by molar-refractivity contribution is -0.141. The summed E-state index contributed by atoms with van der Waals surface area (Å²) >= 11 is 0. The lowest BCUT2D eigenvalue weighted by atomic mass is 10.1. The minimum atomic E-state index is -3.68. The molecule has 9 heteroatoms. The Morgan fingerprint density at radius 1 is 1.38 bits per heavy atom. The molecule has 1 heterocycles. The van der Waals surface area contributed by atoms with Gasteiger partial charge in [-0.15, -0.1) is 0 Å². The van der Waals surface area contributed by atoms with Crippen molar-refractivity contribution in [1.82, 2.24) is 9.62 Å². The second-order valence-corrected chi connectivity index (χ2v) is 7.84. The molecule has 1 N–H and O–H groups in total. The Hall–Kier alpha value is -1.97. The largest absolute Gasteiger partial charge is 0.452 e. The monoisotopic (exact) mass is 384 g/mol. The SMILES string of the molecule is CCNS(=O)(=O)c1ccc(C)c(C(=O)OCC(=O)N2CCOC(C)C2)c1. The van der Waals surface area contributed by atoms with E-state index in [1.165, 1.54) is 18.2 Å². The van der Waals surface area contributed by atoms with Crippen LogP contribution in [0.15, 0.2) is 23.1 Å². The highest BCUT2D eigenvalue weighted by Gasteiger charge is 2.23. The number of aryl methyl sites for hydroxylation is 1. The van der Waals surface area contributed by atoms with Crippen molar-refractivity contribution in [3.05, 3.63) is 29.3 Å². The average molecular weight is 384 g/mol. The molecule has 1 fully saturated rings. The normalized spacial score (nSPS) is 17.8. The first-order valence-corrected chi connectivity index (χ1v) is 9.89. The van der Waals surface area contributed by atoms with Crippen LogP contribution < -0.4 is 4.72 Å². The Morgan fingerprint density at radius 3 is 2.77 bits per heavy atom. The van der Waals surface area contributed by atoms with Gasteiger partial charge < -0.3 is 14.4 Å². The third-order valence-corrected chi connectivity index (χ3v) is 5.54. The van der Waals surface area contributed by atoms with E-state index in [4.69, 9.17) is 9.47 Å². The van der Waals surface area contributed by atoms with Crippen molar-refractivity contribution in [3.63, 3.8) is 0 Å². The summed E-state index contributed by atoms with van der Waals surface area (Å²) in [6, 6.07) is 4.22. The maximum absolute atomic E-state index is 12.3. The number of ether oxygens (including phenoxy) is 2. The summed E-state index contributed by atoms with van der Waals surface area (Å²) in [6.07, 6.45) is -0.0569. The van der Waals surface area contributed by atoms with Crippen LogP contribution in [0.3, 0.4) is 0 Å². The van der Waals surface area contributed by atoms with Crippen LogP contribution in [0, 0.1) is 6.92 Å². The third-order valence-electron chi connectivity index (χ3n) is 3.99. The first-order chi connectivity index (χ1) is 12.2. The van der Waals surface area contributed by atoms with Gasteiger partial charge in [0.15, 0.2) is 6.61 Å². The predicted octanol–water partition coefficient (Wildman–Crippen LogP) is 0.697. The molecule has 8 nitrogen and oxygen atoms in total. The van der Waals surface area contributed by atoms with Crippen molar-refractivity contribution in [2.45, 2.75) is 31.8 Å². The van der Waals surface area contributed by atoms with Gasteiger partial charge in [-0.3, -0.25) is 4.79 Å². The van der Waals surface area contributed by atoms with Crippen LogP contribution in [0.4, 0.5) is 0 Å². The van der Waals surface area contributed by atoms with Crippen LogP contribution in [0.2, 0.25) is 0 Å². The first kappa shape index (κ1) is 20.3. The Labute approximate surface area is 153 Å². The zero-order chi connectivity index (χ0) is 19.3. The number of benzene rings is 1. The summed E-state index contributed by atoms with van der Waals surface area (Å²) in [5.41, 5.74) is 0.685. The maximum atomic E-state index is 12.3. The molecular weight excluding hydrogens is 360 g/mol. The molecule has 1 atom stereocenters. The molecule has 1 aliphatic heterocycles. The number of amides is 1. The topological polar surface area (TPSA) is 102 Å². The van der Waals surface area contributed by atoms with Gasteiger partial charge in [0.25, 0.3) is 5.91 Å². The van der Waals surface area contributed by atoms with E-state index in [9.17, 15) is 18.0 Å². The van der Waals surface area contributed by atoms with Crippen molar-refractivity contribution < 1.29 is 27.5 Å². The molecule has 0 saturated carbocycles. The van der Waals surface area contributed by atoms with Crippen molar-refractivity contribution in [1.29, 1.82) is 0 Å². The van der Waals surface area contributed by atoms with Gasteiger partial charge in [-0.25, -0.2) is 17.9 Å². The Bertz CT molecular complexity index is 777. The molecule has 1 aromatic rings. The number of rotatable bonds is 6. The number of hydrogen-bond donors (Lipinski definition) is 1. The van der Waals surface area contributed by atoms with Crippen LogP contribution in [0.5, 0.6) is 0 Å². The fourth-order valence-electron chi connectivity index (χ4n) is 2.60. The fraction of sp³-hybridized carbons (Fsp3) is 0.529. The van der Waals surface area contributed by atoms with Crippen molar-refractivity contribution >= 4 is 21.9 Å². The molecule has 1 saturated heterocycles. The standard InChI is InChI=1S/C17H24N2O6S/c1-4-18-26(22,23)14-6-5-12(2)15(9-14)17(21)25-11-16(20)19-7-8-24-13(3)10-19/h5-6,9,13,18H,4,7-8,10-11H2,1-3H3. The lowest BCUT2D eigenvalue weighted by Crippen LogP contribution is -2.46. The fourth-order valence-corrected chi connectivity index (χ4v) is 3.67. The van der Waals surface area contributed by atoms with Gasteiger partial charge in [0.2, 0.25) is 10.0 Å². The molecule has 1 unspecified atom stereocenters. The minimum absolute atomic E-state index is 0.0229. The molecule has 0 aliphatic carbocycles. The summed E-state index contributed by atoms with van der Waals surface area (Å²) in [5, 5.41) is 0. The van der Waals surface area contributed by atoms with Gasteiger partial charge in [-0.05, 0) is 31.5 Å². The quantitative estimate of drug-likeness (QED) is 0.725. The average Bonchev–Trinajstić information content (AvgIpc) is 2.59. The van der Waals surface area contributed by atoms with Crippen LogP contribution in [-0.4, -0.2) is 64.1 Å². The molecule has 0 spiro atoms. The molecule has 0 radical (unpaired) electrons. The van der Waals surface area contributed by atoms with Gasteiger partial charge in [0, 0.05) is 19.6 Å². The summed E-state index contributed by atoms with van der Waals surface area (Å²) in [6.45, 7) is 6.40. The number of carbonyl (C=O) groups is 2. The van der Waals surface area contributed by atoms with E-state index in [2.05, 4.69) is 4.72 Å². The van der Waals surface area contributed by atoms with Crippen molar-refractivity contribution in [3.8, 4) is 0 Å². The van der Waals surface area contributed by atoms with Gasteiger partial charge in [0.05, 0.1) is 23.2 Å². The lowest BCUT2D eigenvalue weighted by Gasteiger charge is -2.30. The maximum Gasteiger partial charge on any atom is 0.338 e. The number of nitrogens with zero attached hydrogens (tertiary/aromatic N) is 1. The number of carbonyl (C=O) groups excluding carboxylic acids is 2. The van der Waals surface area contributed by atoms with E-state index >= 15 is 0 Å². The molecule has 0 aromatic heterocycles. The van der Waals surface area contributed by atoms with E-state index < -0.39 is 22.6 Å². The zero-order valence-electron chi connectivity index (χ0n) is 15.1.